The lowest BCUT2D eigenvalue weighted by Gasteiger charge is -2.05. The smallest absolute Gasteiger partial charge is 0.228 e. The molecule has 0 aliphatic carbocycles. The van der Waals surface area contributed by atoms with Gasteiger partial charge < -0.3 is 10.3 Å². The first-order chi connectivity index (χ1) is 9.70. The summed E-state index contributed by atoms with van der Waals surface area (Å²) in [6.07, 6.45) is 1.74. The van der Waals surface area contributed by atoms with E-state index in [2.05, 4.69) is 15.3 Å². The van der Waals surface area contributed by atoms with Gasteiger partial charge >= 0.3 is 0 Å². The van der Waals surface area contributed by atoms with Crippen LogP contribution in [-0.4, -0.2) is 15.9 Å². The number of hydrogen-bond acceptors (Lipinski definition) is 2. The van der Waals surface area contributed by atoms with Gasteiger partial charge in [-0.05, 0) is 35.9 Å². The molecule has 0 radical (unpaired) electrons. The highest BCUT2D eigenvalue weighted by Crippen LogP contribution is 2.16. The van der Waals surface area contributed by atoms with Crippen molar-refractivity contribution in [3.8, 4) is 0 Å². The molecule has 3 rings (SSSR count). The molecule has 100 valence electrons. The minimum absolute atomic E-state index is 0.138. The Kier molecular flexibility index (Phi) is 3.16. The number of carbonyl (C=O) groups excluding carboxylic acids is 1. The summed E-state index contributed by atoms with van der Waals surface area (Å²) in [6, 6.07) is 11.4. The number of carbonyl (C=O) groups is 1. The van der Waals surface area contributed by atoms with Gasteiger partial charge in [0.05, 0.1) is 23.8 Å². The van der Waals surface area contributed by atoms with Crippen LogP contribution in [0.5, 0.6) is 0 Å². The molecule has 1 aromatic heterocycles. The number of nitrogens with one attached hydrogen (secondary N) is 2. The van der Waals surface area contributed by atoms with Crippen molar-refractivity contribution in [1.82, 2.24) is 9.97 Å². The van der Waals surface area contributed by atoms with Crippen LogP contribution in [0, 0.1) is 5.82 Å². The number of nitrogens with zero attached hydrogens (tertiary/aromatic N) is 1. The maximum Gasteiger partial charge on any atom is 0.228 e. The lowest BCUT2D eigenvalue weighted by molar-refractivity contribution is -0.115. The molecule has 0 aliphatic heterocycles. The fourth-order valence-corrected chi connectivity index (χ4v) is 2.05. The molecule has 0 aliphatic rings. The molecule has 1 amide bonds. The molecule has 20 heavy (non-hydrogen) atoms. The van der Waals surface area contributed by atoms with E-state index in [1.807, 2.05) is 12.1 Å². The minimum atomic E-state index is -0.339. The van der Waals surface area contributed by atoms with Crippen molar-refractivity contribution in [2.45, 2.75) is 6.42 Å². The molecule has 0 saturated carbocycles. The minimum Gasteiger partial charge on any atom is -0.345 e. The van der Waals surface area contributed by atoms with Crippen molar-refractivity contribution >= 4 is 22.6 Å². The molecule has 4 nitrogen and oxygen atoms in total. The van der Waals surface area contributed by atoms with Crippen LogP contribution in [0.3, 0.4) is 0 Å². The van der Waals surface area contributed by atoms with Crippen LogP contribution >= 0.6 is 0 Å². The molecular formula is C15H12FN3O. The highest BCUT2D eigenvalue weighted by Gasteiger charge is 2.06. The Labute approximate surface area is 114 Å². The number of benzene rings is 2. The molecule has 3 aromatic rings. The third-order valence-electron chi connectivity index (χ3n) is 2.96. The Bertz CT molecular complexity index is 766. The van der Waals surface area contributed by atoms with Gasteiger partial charge in [0.2, 0.25) is 5.91 Å². The number of aromatic nitrogens is 2. The predicted octanol–water partition coefficient (Wildman–Crippen LogP) is 2.88. The fourth-order valence-electron chi connectivity index (χ4n) is 2.05. The van der Waals surface area contributed by atoms with Crippen molar-refractivity contribution < 1.29 is 9.18 Å². The van der Waals surface area contributed by atoms with Crippen molar-refractivity contribution in [3.63, 3.8) is 0 Å². The van der Waals surface area contributed by atoms with Crippen LogP contribution in [0.1, 0.15) is 5.56 Å². The van der Waals surface area contributed by atoms with Gasteiger partial charge in [0, 0.05) is 5.69 Å². The van der Waals surface area contributed by atoms with E-state index in [1.165, 1.54) is 12.1 Å². The second kappa shape index (κ2) is 5.13. The first-order valence-electron chi connectivity index (χ1n) is 6.18. The van der Waals surface area contributed by atoms with Crippen molar-refractivity contribution in [3.05, 3.63) is 60.2 Å². The summed E-state index contributed by atoms with van der Waals surface area (Å²) >= 11 is 0. The third-order valence-corrected chi connectivity index (χ3v) is 2.96. The second-order valence-corrected chi connectivity index (χ2v) is 4.49. The summed E-state index contributed by atoms with van der Waals surface area (Å²) in [6.45, 7) is 0. The number of anilines is 1. The molecule has 1 heterocycles. The van der Waals surface area contributed by atoms with Crippen LogP contribution in [0.4, 0.5) is 10.1 Å². The maximum absolute atomic E-state index is 13.0. The predicted molar refractivity (Wildman–Crippen MR) is 74.8 cm³/mol. The van der Waals surface area contributed by atoms with Gasteiger partial charge in [0.15, 0.2) is 0 Å². The van der Waals surface area contributed by atoms with Gasteiger partial charge in [-0.3, -0.25) is 4.79 Å². The van der Waals surface area contributed by atoms with Crippen molar-refractivity contribution in [1.29, 1.82) is 0 Å². The summed E-state index contributed by atoms with van der Waals surface area (Å²) in [7, 11) is 0. The Hall–Kier alpha value is -2.69. The Morgan fingerprint density at radius 2 is 2.15 bits per heavy atom. The van der Waals surface area contributed by atoms with E-state index in [-0.39, 0.29) is 18.1 Å². The molecule has 2 N–H and O–H groups in total. The van der Waals surface area contributed by atoms with Gasteiger partial charge in [-0.2, -0.15) is 0 Å². The molecule has 0 saturated heterocycles. The van der Waals surface area contributed by atoms with Gasteiger partial charge in [-0.15, -0.1) is 0 Å². The Morgan fingerprint density at radius 1 is 1.25 bits per heavy atom. The van der Waals surface area contributed by atoms with Crippen LogP contribution in [-0.2, 0) is 11.2 Å². The van der Waals surface area contributed by atoms with Crippen LogP contribution in [0.2, 0.25) is 0 Å². The fraction of sp³-hybridized carbons (Fsp3) is 0.0667. The number of rotatable bonds is 3. The number of aromatic amines is 1. The molecule has 0 atom stereocenters. The third kappa shape index (κ3) is 2.66. The van der Waals surface area contributed by atoms with Crippen LogP contribution in [0.25, 0.3) is 11.0 Å². The lowest BCUT2D eigenvalue weighted by Crippen LogP contribution is -2.14. The normalized spacial score (nSPS) is 10.7. The lowest BCUT2D eigenvalue weighted by atomic mass is 10.1. The Balaban J connectivity index is 1.72. The van der Waals surface area contributed by atoms with Crippen LogP contribution < -0.4 is 5.32 Å². The molecule has 2 aromatic carbocycles. The van der Waals surface area contributed by atoms with E-state index in [1.54, 1.807) is 24.5 Å². The molecule has 0 spiro atoms. The summed E-state index contributed by atoms with van der Waals surface area (Å²) in [5, 5.41) is 2.78. The van der Waals surface area contributed by atoms with E-state index in [4.69, 9.17) is 0 Å². The number of H-pyrrole nitrogens is 1. The molecule has 0 unspecified atom stereocenters. The first-order valence-corrected chi connectivity index (χ1v) is 6.18. The highest BCUT2D eigenvalue weighted by atomic mass is 19.1. The standard InChI is InChI=1S/C15H12FN3O/c16-11-3-1-2-10(6-11)7-15(20)19-12-4-5-13-14(8-12)18-9-17-13/h1-6,8-9H,7H2,(H,17,18)(H,19,20). The summed E-state index contributed by atoms with van der Waals surface area (Å²) in [4.78, 5) is 19.0. The second-order valence-electron chi connectivity index (χ2n) is 4.49. The van der Waals surface area contributed by atoms with Gasteiger partial charge in [0.1, 0.15) is 5.82 Å². The summed E-state index contributed by atoms with van der Waals surface area (Å²) < 4.78 is 13.0. The zero-order chi connectivity index (χ0) is 13.9. The zero-order valence-electron chi connectivity index (χ0n) is 10.6. The van der Waals surface area contributed by atoms with E-state index in [0.29, 0.717) is 11.3 Å². The van der Waals surface area contributed by atoms with Crippen LogP contribution in [0.15, 0.2) is 48.8 Å². The monoisotopic (exact) mass is 269 g/mol. The highest BCUT2D eigenvalue weighted by molar-refractivity contribution is 5.94. The van der Waals surface area contributed by atoms with E-state index in [0.717, 1.165) is 11.0 Å². The zero-order valence-corrected chi connectivity index (χ0v) is 10.6. The number of hydrogen-bond donors (Lipinski definition) is 2. The SMILES string of the molecule is O=C(Cc1cccc(F)c1)Nc1ccc2nc[nH]c2c1. The number of imidazole rings is 1. The maximum atomic E-state index is 13.0. The largest absolute Gasteiger partial charge is 0.345 e. The van der Waals surface area contributed by atoms with Crippen molar-refractivity contribution in [2.75, 3.05) is 5.32 Å². The molecular weight excluding hydrogens is 257 g/mol. The average Bonchev–Trinajstić information content (AvgIpc) is 2.86. The average molecular weight is 269 g/mol. The number of fused-ring (bicyclic) bond motifs is 1. The molecule has 0 fully saturated rings. The van der Waals surface area contributed by atoms with Gasteiger partial charge in [-0.1, -0.05) is 12.1 Å². The quantitative estimate of drug-likeness (QED) is 0.768. The van der Waals surface area contributed by atoms with Gasteiger partial charge in [0.25, 0.3) is 0 Å². The van der Waals surface area contributed by atoms with E-state index in [9.17, 15) is 9.18 Å². The first kappa shape index (κ1) is 12.3. The molecule has 0 bridgehead atoms. The van der Waals surface area contributed by atoms with E-state index >= 15 is 0 Å². The van der Waals surface area contributed by atoms with Crippen molar-refractivity contribution in [2.24, 2.45) is 0 Å². The summed E-state index contributed by atoms with van der Waals surface area (Å²) in [5.74, 6) is -0.524. The number of amides is 1. The van der Waals surface area contributed by atoms with Gasteiger partial charge in [-0.25, -0.2) is 9.37 Å². The number of halogens is 1. The van der Waals surface area contributed by atoms with E-state index < -0.39 is 0 Å². The molecule has 5 heteroatoms. The summed E-state index contributed by atoms with van der Waals surface area (Å²) in [5.41, 5.74) is 3.02. The Morgan fingerprint density at radius 3 is 3.00 bits per heavy atom. The topological polar surface area (TPSA) is 57.8 Å².